The number of alkyl halides is 3. The van der Waals surface area contributed by atoms with E-state index in [1.165, 1.54) is 12.1 Å². The van der Waals surface area contributed by atoms with E-state index in [1.54, 1.807) is 22.6 Å². The van der Waals surface area contributed by atoms with E-state index in [4.69, 9.17) is 0 Å². The molecule has 0 aliphatic heterocycles. The summed E-state index contributed by atoms with van der Waals surface area (Å²) in [5, 5.41) is 8.15. The lowest BCUT2D eigenvalue weighted by molar-refractivity contribution is -0.274. The summed E-state index contributed by atoms with van der Waals surface area (Å²) in [5.74, 6) is 6.94. The van der Waals surface area contributed by atoms with Crippen molar-refractivity contribution in [2.45, 2.75) is 19.2 Å². The molecule has 7 heteroatoms. The molecular weight excluding hydrogens is 331 g/mol. The normalized spacial score (nSPS) is 14.2. The van der Waals surface area contributed by atoms with E-state index >= 15 is 0 Å². The molecular formula is C18H12F3N3O. The van der Waals surface area contributed by atoms with Crippen LogP contribution in [0.5, 0.6) is 5.75 Å². The van der Waals surface area contributed by atoms with Gasteiger partial charge in [-0.1, -0.05) is 18.1 Å². The molecule has 1 fully saturated rings. The van der Waals surface area contributed by atoms with E-state index in [0.717, 1.165) is 24.0 Å². The molecule has 1 aromatic carbocycles. The van der Waals surface area contributed by atoms with Crippen molar-refractivity contribution in [3.05, 3.63) is 48.4 Å². The molecule has 0 spiro atoms. The highest BCUT2D eigenvalue weighted by molar-refractivity contribution is 5.65. The van der Waals surface area contributed by atoms with Crippen molar-refractivity contribution >= 4 is 5.65 Å². The Hall–Kier alpha value is -3.01. The molecule has 25 heavy (non-hydrogen) atoms. The highest BCUT2D eigenvalue weighted by Crippen LogP contribution is 2.28. The average Bonchev–Trinajstić information content (AvgIpc) is 3.31. The Labute approximate surface area is 141 Å². The van der Waals surface area contributed by atoms with Crippen LogP contribution in [-0.4, -0.2) is 21.0 Å². The third-order valence-corrected chi connectivity index (χ3v) is 3.79. The van der Waals surface area contributed by atoms with Crippen LogP contribution in [0, 0.1) is 17.8 Å². The third kappa shape index (κ3) is 3.58. The lowest BCUT2D eigenvalue weighted by atomic mass is 10.1. The topological polar surface area (TPSA) is 39.4 Å². The number of benzene rings is 1. The van der Waals surface area contributed by atoms with Crippen molar-refractivity contribution in [2.24, 2.45) is 5.92 Å². The zero-order chi connectivity index (χ0) is 17.4. The van der Waals surface area contributed by atoms with Gasteiger partial charge in [0.2, 0.25) is 5.82 Å². The Morgan fingerprint density at radius 1 is 1.00 bits per heavy atom. The lowest BCUT2D eigenvalue weighted by Gasteiger charge is -2.09. The van der Waals surface area contributed by atoms with Crippen LogP contribution in [0.15, 0.2) is 42.6 Å². The van der Waals surface area contributed by atoms with Gasteiger partial charge in [-0.2, -0.15) is 0 Å². The Morgan fingerprint density at radius 3 is 2.40 bits per heavy atom. The molecule has 3 aromatic rings. The van der Waals surface area contributed by atoms with Gasteiger partial charge in [-0.05, 0) is 54.2 Å². The minimum absolute atomic E-state index is 0.252. The fourth-order valence-electron chi connectivity index (χ4n) is 2.39. The van der Waals surface area contributed by atoms with E-state index in [1.807, 2.05) is 12.3 Å². The summed E-state index contributed by atoms with van der Waals surface area (Å²) in [6.45, 7) is 0. The first kappa shape index (κ1) is 15.5. The molecule has 1 aliphatic rings. The number of pyridine rings is 1. The van der Waals surface area contributed by atoms with Gasteiger partial charge in [0, 0.05) is 12.1 Å². The van der Waals surface area contributed by atoms with Crippen LogP contribution in [0.25, 0.3) is 16.8 Å². The van der Waals surface area contributed by atoms with Gasteiger partial charge in [0.05, 0.1) is 0 Å². The Morgan fingerprint density at radius 2 is 1.72 bits per heavy atom. The molecule has 126 valence electrons. The zero-order valence-electron chi connectivity index (χ0n) is 12.9. The average molecular weight is 343 g/mol. The van der Waals surface area contributed by atoms with Gasteiger partial charge in [0.15, 0.2) is 5.65 Å². The highest BCUT2D eigenvalue weighted by atomic mass is 19.4. The standard InChI is InChI=1S/C18H12F3N3O/c19-18(20,21)25-15-7-4-13(5-8-15)14-6-10-17-23-22-16(24(17)11-14)9-3-12-1-2-12/h4-8,10-12H,1-2H2. The molecule has 2 heterocycles. The monoisotopic (exact) mass is 343 g/mol. The summed E-state index contributed by atoms with van der Waals surface area (Å²) in [6.07, 6.45) is -0.618. The van der Waals surface area contributed by atoms with Gasteiger partial charge in [-0.15, -0.1) is 23.4 Å². The van der Waals surface area contributed by atoms with Crippen LogP contribution >= 0.6 is 0 Å². The Bertz CT molecular complexity index is 977. The first-order valence-electron chi connectivity index (χ1n) is 7.70. The van der Waals surface area contributed by atoms with Gasteiger partial charge in [0.25, 0.3) is 0 Å². The van der Waals surface area contributed by atoms with Crippen molar-refractivity contribution in [3.8, 4) is 28.7 Å². The molecule has 4 nitrogen and oxygen atoms in total. The number of hydrogen-bond donors (Lipinski definition) is 0. The smallest absolute Gasteiger partial charge is 0.406 e. The summed E-state index contributed by atoms with van der Waals surface area (Å²) < 4.78 is 42.4. The number of halogens is 3. The first-order valence-corrected chi connectivity index (χ1v) is 7.70. The molecule has 0 amide bonds. The number of rotatable bonds is 2. The maximum Gasteiger partial charge on any atom is 0.573 e. The number of ether oxygens (including phenoxy) is 1. The molecule has 1 aliphatic carbocycles. The molecule has 0 unspecified atom stereocenters. The molecule has 0 saturated heterocycles. The van der Waals surface area contributed by atoms with Crippen LogP contribution in [-0.2, 0) is 0 Å². The van der Waals surface area contributed by atoms with Gasteiger partial charge in [0.1, 0.15) is 5.75 Å². The van der Waals surface area contributed by atoms with E-state index < -0.39 is 6.36 Å². The summed E-state index contributed by atoms with van der Waals surface area (Å²) in [7, 11) is 0. The Kier molecular flexibility index (Phi) is 3.61. The minimum atomic E-state index is -4.70. The summed E-state index contributed by atoms with van der Waals surface area (Å²) in [6, 6.07) is 9.34. The predicted molar refractivity (Wildman–Crippen MR) is 84.7 cm³/mol. The van der Waals surface area contributed by atoms with Crippen LogP contribution in [0.3, 0.4) is 0 Å². The zero-order valence-corrected chi connectivity index (χ0v) is 12.9. The van der Waals surface area contributed by atoms with Crippen LogP contribution in [0.1, 0.15) is 18.7 Å². The summed E-state index contributed by atoms with van der Waals surface area (Å²) >= 11 is 0. The maximum atomic E-state index is 12.2. The van der Waals surface area contributed by atoms with E-state index in [-0.39, 0.29) is 5.75 Å². The Balaban J connectivity index is 1.64. The second kappa shape index (κ2) is 5.81. The van der Waals surface area contributed by atoms with E-state index in [9.17, 15) is 13.2 Å². The predicted octanol–water partition coefficient (Wildman–Crippen LogP) is 4.06. The number of hydrogen-bond acceptors (Lipinski definition) is 3. The van der Waals surface area contributed by atoms with Crippen LogP contribution in [0.2, 0.25) is 0 Å². The second-order valence-electron chi connectivity index (χ2n) is 5.79. The SMILES string of the molecule is FC(F)(F)Oc1ccc(-c2ccc3nnc(C#CC4CC4)n3c2)cc1. The number of nitrogens with zero attached hydrogens (tertiary/aromatic N) is 3. The molecule has 4 rings (SSSR count). The molecule has 2 aromatic heterocycles. The largest absolute Gasteiger partial charge is 0.573 e. The summed E-state index contributed by atoms with van der Waals surface area (Å²) in [4.78, 5) is 0. The van der Waals surface area contributed by atoms with Crippen molar-refractivity contribution in [3.63, 3.8) is 0 Å². The van der Waals surface area contributed by atoms with Gasteiger partial charge in [-0.3, -0.25) is 4.40 Å². The van der Waals surface area contributed by atoms with Crippen molar-refractivity contribution < 1.29 is 17.9 Å². The van der Waals surface area contributed by atoms with Crippen LogP contribution < -0.4 is 4.74 Å². The van der Waals surface area contributed by atoms with E-state index in [0.29, 0.717) is 17.4 Å². The fraction of sp³-hybridized carbons (Fsp3) is 0.222. The molecule has 0 radical (unpaired) electrons. The highest BCUT2D eigenvalue weighted by Gasteiger charge is 2.30. The number of fused-ring (bicyclic) bond motifs is 1. The molecule has 0 bridgehead atoms. The lowest BCUT2D eigenvalue weighted by Crippen LogP contribution is -2.16. The van der Waals surface area contributed by atoms with Crippen molar-refractivity contribution in [1.82, 2.24) is 14.6 Å². The van der Waals surface area contributed by atoms with Gasteiger partial charge in [-0.25, -0.2) is 0 Å². The summed E-state index contributed by atoms with van der Waals surface area (Å²) in [5.41, 5.74) is 2.24. The van der Waals surface area contributed by atoms with E-state index in [2.05, 4.69) is 26.8 Å². The quantitative estimate of drug-likeness (QED) is 0.659. The van der Waals surface area contributed by atoms with Crippen molar-refractivity contribution in [1.29, 1.82) is 0 Å². The fourth-order valence-corrected chi connectivity index (χ4v) is 2.39. The van der Waals surface area contributed by atoms with Gasteiger partial charge < -0.3 is 4.74 Å². The number of aromatic nitrogens is 3. The molecule has 0 atom stereocenters. The second-order valence-corrected chi connectivity index (χ2v) is 5.79. The molecule has 0 N–H and O–H groups in total. The maximum absolute atomic E-state index is 12.2. The minimum Gasteiger partial charge on any atom is -0.406 e. The van der Waals surface area contributed by atoms with Gasteiger partial charge >= 0.3 is 6.36 Å². The third-order valence-electron chi connectivity index (χ3n) is 3.79. The van der Waals surface area contributed by atoms with Crippen molar-refractivity contribution in [2.75, 3.05) is 0 Å². The first-order chi connectivity index (χ1) is 12.0. The molecule has 1 saturated carbocycles. The van der Waals surface area contributed by atoms with Crippen LogP contribution in [0.4, 0.5) is 13.2 Å².